The minimum Gasteiger partial charge on any atom is -0.496 e. The number of amides is 1. The molecule has 71 heavy (non-hydrogen) atoms. The van der Waals surface area contributed by atoms with Crippen LogP contribution in [0, 0.1) is 0 Å². The van der Waals surface area contributed by atoms with Gasteiger partial charge in [-0.1, -0.05) is 13.3 Å². The number of benzene rings is 5. The normalized spacial score (nSPS) is 12.1. The number of aliphatic imine (C=N–C) groups is 1. The van der Waals surface area contributed by atoms with E-state index in [9.17, 15) is 4.79 Å². The van der Waals surface area contributed by atoms with E-state index in [0.29, 0.717) is 109 Å². The van der Waals surface area contributed by atoms with Gasteiger partial charge in [-0.2, -0.15) is 0 Å². The number of carbonyl (C=O) groups is 1. The van der Waals surface area contributed by atoms with Crippen molar-refractivity contribution in [2.45, 2.75) is 51.9 Å². The molecule has 1 aromatic heterocycles. The van der Waals surface area contributed by atoms with Crippen molar-refractivity contribution in [1.29, 1.82) is 0 Å². The molecule has 1 N–H and O–H groups in total. The number of nitrogens with one attached hydrogen (secondary N) is 1. The van der Waals surface area contributed by atoms with E-state index >= 15 is 0 Å². The largest absolute Gasteiger partial charge is 0.496 e. The van der Waals surface area contributed by atoms with Crippen LogP contribution < -0.4 is 52.7 Å². The maximum absolute atomic E-state index is 13.4. The van der Waals surface area contributed by atoms with Crippen LogP contribution in [0.25, 0.3) is 0 Å². The third-order valence-corrected chi connectivity index (χ3v) is 12.5. The van der Waals surface area contributed by atoms with Gasteiger partial charge in [0.25, 0.3) is 5.91 Å². The van der Waals surface area contributed by atoms with Gasteiger partial charge in [-0.05, 0) is 84.8 Å². The molecule has 10 aliphatic carbocycles. The number of carbonyl (C=O) groups excluding carboxylic acids is 1. The van der Waals surface area contributed by atoms with E-state index in [2.05, 4.69) is 22.2 Å². The highest BCUT2D eigenvalue weighted by Gasteiger charge is 2.24. The predicted octanol–water partition coefficient (Wildman–Crippen LogP) is 9.21. The van der Waals surface area contributed by atoms with Crippen LogP contribution in [0.15, 0.2) is 90.2 Å². The van der Waals surface area contributed by atoms with Gasteiger partial charge >= 0.3 is 0 Å². The number of nitrogens with zero attached hydrogens (tertiary/aromatic N) is 2. The summed E-state index contributed by atoms with van der Waals surface area (Å²) >= 11 is 0. The highest BCUT2D eigenvalue weighted by Crippen LogP contribution is 2.42. The molecule has 5 aromatic carbocycles. The number of ether oxygens (including phenoxy) is 10. The van der Waals surface area contributed by atoms with Crippen LogP contribution in [0.3, 0.4) is 0 Å². The minimum absolute atomic E-state index is 0.235. The SMILES string of the molecule is CCCCOc1cc2c(OCC(=O)NCCN=Cc3ccncc3)cc1Cc1cc(OC)c(cc1OC)Cc1cc(OC)c(cc1OC)Cc1cc(OC)c(cc1OC)Cc1cc(OC)c(cc1OC)C2. The second kappa shape index (κ2) is 24.8. The summed E-state index contributed by atoms with van der Waals surface area (Å²) in [6.07, 6.45) is 9.10. The zero-order valence-electron chi connectivity index (χ0n) is 42.3. The topological polar surface area (TPSA) is 147 Å². The fourth-order valence-electron chi connectivity index (χ4n) is 8.82. The van der Waals surface area contributed by atoms with E-state index in [1.54, 1.807) is 75.5 Å². The first-order valence-electron chi connectivity index (χ1n) is 23.7. The van der Waals surface area contributed by atoms with Gasteiger partial charge in [0.2, 0.25) is 0 Å². The molecule has 10 aliphatic rings. The average Bonchev–Trinajstić information content (AvgIpc) is 3.39. The third kappa shape index (κ3) is 12.6. The van der Waals surface area contributed by atoms with Crippen LogP contribution in [0.2, 0.25) is 0 Å². The smallest absolute Gasteiger partial charge is 0.258 e. The van der Waals surface area contributed by atoms with Gasteiger partial charge in [-0.25, -0.2) is 0 Å². The fraction of sp³-hybridized carbons (Fsp3) is 0.351. The fourth-order valence-corrected chi connectivity index (χ4v) is 8.82. The van der Waals surface area contributed by atoms with E-state index in [1.165, 1.54) is 0 Å². The van der Waals surface area contributed by atoms with Gasteiger partial charge in [0.05, 0.1) is 70.0 Å². The van der Waals surface area contributed by atoms with E-state index in [4.69, 9.17) is 47.4 Å². The van der Waals surface area contributed by atoms with Gasteiger partial charge in [0.1, 0.15) is 57.5 Å². The first kappa shape index (κ1) is 51.2. The summed E-state index contributed by atoms with van der Waals surface area (Å²) in [5.74, 6) is 6.27. The van der Waals surface area contributed by atoms with E-state index in [-0.39, 0.29) is 12.5 Å². The number of rotatable bonds is 19. The average molecular weight is 968 g/mol. The third-order valence-electron chi connectivity index (χ3n) is 12.5. The van der Waals surface area contributed by atoms with Gasteiger partial charge in [0.15, 0.2) is 6.61 Å². The molecule has 0 aliphatic heterocycles. The molecule has 6 aromatic rings. The number of hydrogen-bond acceptors (Lipinski definition) is 13. The maximum Gasteiger partial charge on any atom is 0.258 e. The number of pyridine rings is 1. The quantitative estimate of drug-likeness (QED) is 0.0609. The lowest BCUT2D eigenvalue weighted by Crippen LogP contribution is -2.31. The van der Waals surface area contributed by atoms with Crippen molar-refractivity contribution < 1.29 is 52.2 Å². The predicted molar refractivity (Wildman–Crippen MR) is 274 cm³/mol. The Morgan fingerprint density at radius 3 is 1.13 bits per heavy atom. The van der Waals surface area contributed by atoms with E-state index in [1.807, 2.05) is 72.8 Å². The monoisotopic (exact) mass is 967 g/mol. The van der Waals surface area contributed by atoms with Crippen molar-refractivity contribution in [3.05, 3.63) is 146 Å². The van der Waals surface area contributed by atoms with Gasteiger partial charge < -0.3 is 52.7 Å². The second-order valence-electron chi connectivity index (χ2n) is 17.0. The Morgan fingerprint density at radius 1 is 0.493 bits per heavy atom. The highest BCUT2D eigenvalue weighted by molar-refractivity contribution is 5.79. The first-order valence-corrected chi connectivity index (χ1v) is 23.7. The molecule has 0 radical (unpaired) electrons. The first-order chi connectivity index (χ1) is 34.6. The molecule has 0 saturated carbocycles. The molecule has 0 unspecified atom stereocenters. The molecule has 16 rings (SSSR count). The van der Waals surface area contributed by atoms with Crippen molar-refractivity contribution in [3.8, 4) is 57.5 Å². The van der Waals surface area contributed by atoms with Gasteiger partial charge in [-0.3, -0.25) is 14.8 Å². The lowest BCUT2D eigenvalue weighted by Gasteiger charge is -2.21. The minimum atomic E-state index is -0.287. The van der Waals surface area contributed by atoms with Crippen molar-refractivity contribution in [3.63, 3.8) is 0 Å². The highest BCUT2D eigenvalue weighted by atomic mass is 16.5. The summed E-state index contributed by atoms with van der Waals surface area (Å²) in [5.41, 5.74) is 9.60. The van der Waals surface area contributed by atoms with Crippen molar-refractivity contribution in [2.24, 2.45) is 4.99 Å². The second-order valence-corrected chi connectivity index (χ2v) is 17.0. The van der Waals surface area contributed by atoms with Crippen LogP contribution >= 0.6 is 0 Å². The molecule has 10 bridgehead atoms. The molecular weight excluding hydrogens is 903 g/mol. The summed E-state index contributed by atoms with van der Waals surface area (Å²) in [5, 5.41) is 2.94. The molecule has 0 saturated heterocycles. The molecule has 14 heteroatoms. The van der Waals surface area contributed by atoms with Crippen LogP contribution in [0.5, 0.6) is 57.5 Å². The number of unbranched alkanes of at least 4 members (excludes halogenated alkanes) is 1. The zero-order valence-corrected chi connectivity index (χ0v) is 42.3. The van der Waals surface area contributed by atoms with Crippen molar-refractivity contribution in [1.82, 2.24) is 10.3 Å². The molecule has 1 heterocycles. The lowest BCUT2D eigenvalue weighted by molar-refractivity contribution is -0.123. The molecule has 14 nitrogen and oxygen atoms in total. The molecule has 374 valence electrons. The van der Waals surface area contributed by atoms with E-state index in [0.717, 1.165) is 74.0 Å². The summed E-state index contributed by atoms with van der Waals surface area (Å²) < 4.78 is 61.7. The number of hydrogen-bond donors (Lipinski definition) is 1. The van der Waals surface area contributed by atoms with Crippen LogP contribution in [0.1, 0.15) is 81.0 Å². The van der Waals surface area contributed by atoms with Crippen LogP contribution in [-0.4, -0.2) is 100 Å². The Hall–Kier alpha value is -7.61. The summed E-state index contributed by atoms with van der Waals surface area (Å²) in [6, 6.07) is 23.7. The summed E-state index contributed by atoms with van der Waals surface area (Å²) in [7, 11) is 13.3. The number of methoxy groups -OCH3 is 8. The molecule has 0 atom stereocenters. The standard InChI is InChI=1S/C57H65N3O11/c1-10-11-18-70-55-32-46-23-44-31-52(67-7)42(29-54(44)69-9)21-40-27-48(63-3)38(25-50(40)65-5)19-37-24-49(64-4)39(26-47(37)62-2)20-41-28-53(68-8)43(30-51(41)66-6)22-45(55)33-56(46)71-35-57(61)60-17-16-59-34-36-12-14-58-15-13-36/h12-15,24-34H,10-11,16-23,35H2,1-9H3,(H,60,61). The van der Waals surface area contributed by atoms with Crippen molar-refractivity contribution in [2.75, 3.05) is 83.2 Å². The number of aromatic nitrogens is 1. The zero-order chi connectivity index (χ0) is 50.3. The van der Waals surface area contributed by atoms with E-state index < -0.39 is 0 Å². The maximum atomic E-state index is 13.4. The Morgan fingerprint density at radius 2 is 0.803 bits per heavy atom. The molecule has 0 spiro atoms. The van der Waals surface area contributed by atoms with Crippen LogP contribution in [0.4, 0.5) is 0 Å². The summed E-state index contributed by atoms with van der Waals surface area (Å²) in [4.78, 5) is 21.9. The molecular formula is C57H65N3O11. The Labute approximate surface area is 417 Å². The Bertz CT molecular complexity index is 2810. The molecule has 0 fully saturated rings. The molecule has 1 amide bonds. The van der Waals surface area contributed by atoms with Gasteiger partial charge in [0, 0.05) is 113 Å². The lowest BCUT2D eigenvalue weighted by atomic mass is 9.94. The van der Waals surface area contributed by atoms with Gasteiger partial charge in [-0.15, -0.1) is 0 Å². The Kier molecular flexibility index (Phi) is 17.9. The Balaban J connectivity index is 1.37. The summed E-state index contributed by atoms with van der Waals surface area (Å²) in [6.45, 7) is 3.12. The van der Waals surface area contributed by atoms with Crippen LogP contribution in [-0.2, 0) is 36.9 Å². The van der Waals surface area contributed by atoms with Crippen molar-refractivity contribution >= 4 is 12.1 Å².